The van der Waals surface area contributed by atoms with Crippen molar-refractivity contribution in [2.45, 2.75) is 13.8 Å². The summed E-state index contributed by atoms with van der Waals surface area (Å²) in [6, 6.07) is 9.83. The van der Waals surface area contributed by atoms with Crippen LogP contribution >= 0.6 is 11.6 Å². The van der Waals surface area contributed by atoms with Crippen LogP contribution in [0.2, 0.25) is 5.02 Å². The van der Waals surface area contributed by atoms with Crippen molar-refractivity contribution in [1.82, 2.24) is 0 Å². The second-order valence-corrected chi connectivity index (χ2v) is 4.98. The minimum atomic E-state index is -0.387. The third-order valence-electron chi connectivity index (χ3n) is 2.89. The van der Waals surface area contributed by atoms with E-state index in [9.17, 15) is 9.90 Å². The van der Waals surface area contributed by atoms with Gasteiger partial charge in [-0.15, -0.1) is 0 Å². The van der Waals surface area contributed by atoms with E-state index in [1.807, 2.05) is 13.8 Å². The second-order valence-electron chi connectivity index (χ2n) is 4.55. The van der Waals surface area contributed by atoms with Crippen LogP contribution in [0.1, 0.15) is 22.8 Å². The molecular formula is C16H16ClNO3. The molecule has 0 aliphatic heterocycles. The number of carbonyl (C=O) groups is 1. The van der Waals surface area contributed by atoms with Crippen LogP contribution in [-0.4, -0.2) is 17.6 Å². The molecule has 0 spiro atoms. The number of anilines is 1. The van der Waals surface area contributed by atoms with E-state index in [2.05, 4.69) is 5.32 Å². The van der Waals surface area contributed by atoms with Gasteiger partial charge in [0.25, 0.3) is 5.91 Å². The lowest BCUT2D eigenvalue weighted by atomic mass is 10.1. The molecule has 110 valence electrons. The Morgan fingerprint density at radius 1 is 1.29 bits per heavy atom. The number of aromatic hydroxyl groups is 1. The number of benzene rings is 2. The van der Waals surface area contributed by atoms with Gasteiger partial charge in [0.1, 0.15) is 11.5 Å². The molecule has 0 saturated heterocycles. The van der Waals surface area contributed by atoms with Crippen molar-refractivity contribution in [3.8, 4) is 11.5 Å². The van der Waals surface area contributed by atoms with Crippen molar-refractivity contribution in [1.29, 1.82) is 0 Å². The number of hydrogen-bond acceptors (Lipinski definition) is 3. The van der Waals surface area contributed by atoms with Crippen LogP contribution in [0.15, 0.2) is 36.4 Å². The van der Waals surface area contributed by atoms with Crippen molar-refractivity contribution in [3.63, 3.8) is 0 Å². The van der Waals surface area contributed by atoms with Crippen LogP contribution in [0.5, 0.6) is 11.5 Å². The van der Waals surface area contributed by atoms with Crippen molar-refractivity contribution < 1.29 is 14.6 Å². The Labute approximate surface area is 128 Å². The topological polar surface area (TPSA) is 58.6 Å². The third-order valence-corrected chi connectivity index (χ3v) is 3.12. The maximum absolute atomic E-state index is 12.4. The van der Waals surface area contributed by atoms with Gasteiger partial charge in [0.05, 0.1) is 17.9 Å². The highest BCUT2D eigenvalue weighted by Gasteiger charge is 2.15. The highest BCUT2D eigenvalue weighted by atomic mass is 35.5. The van der Waals surface area contributed by atoms with Crippen LogP contribution < -0.4 is 10.1 Å². The highest BCUT2D eigenvalue weighted by molar-refractivity contribution is 6.31. The van der Waals surface area contributed by atoms with Gasteiger partial charge in [-0.1, -0.05) is 17.7 Å². The lowest BCUT2D eigenvalue weighted by Gasteiger charge is -2.12. The molecule has 2 N–H and O–H groups in total. The van der Waals surface area contributed by atoms with E-state index in [-0.39, 0.29) is 11.7 Å². The van der Waals surface area contributed by atoms with Gasteiger partial charge in [-0.3, -0.25) is 4.79 Å². The Bertz CT molecular complexity index is 671. The quantitative estimate of drug-likeness (QED) is 0.839. The Morgan fingerprint density at radius 2 is 2.05 bits per heavy atom. The van der Waals surface area contributed by atoms with Crippen LogP contribution in [-0.2, 0) is 0 Å². The fourth-order valence-electron chi connectivity index (χ4n) is 1.90. The third kappa shape index (κ3) is 3.67. The van der Waals surface area contributed by atoms with Gasteiger partial charge in [0.15, 0.2) is 0 Å². The van der Waals surface area contributed by atoms with E-state index in [4.69, 9.17) is 16.3 Å². The van der Waals surface area contributed by atoms with Gasteiger partial charge in [-0.05, 0) is 49.7 Å². The molecule has 0 aromatic heterocycles. The molecule has 0 atom stereocenters. The number of phenols is 1. The minimum absolute atomic E-state index is 0.00828. The Kier molecular flexibility index (Phi) is 4.70. The first-order valence-electron chi connectivity index (χ1n) is 6.54. The average molecular weight is 306 g/mol. The number of rotatable bonds is 4. The van der Waals surface area contributed by atoms with E-state index >= 15 is 0 Å². The zero-order valence-electron chi connectivity index (χ0n) is 11.8. The van der Waals surface area contributed by atoms with Gasteiger partial charge in [-0.25, -0.2) is 0 Å². The van der Waals surface area contributed by atoms with Crippen molar-refractivity contribution in [2.24, 2.45) is 0 Å². The number of amides is 1. The van der Waals surface area contributed by atoms with Crippen molar-refractivity contribution in [3.05, 3.63) is 52.5 Å². The molecule has 21 heavy (non-hydrogen) atoms. The Balaban J connectivity index is 2.31. The molecular weight excluding hydrogens is 290 g/mol. The van der Waals surface area contributed by atoms with E-state index in [0.717, 1.165) is 5.56 Å². The molecule has 0 aliphatic rings. The summed E-state index contributed by atoms with van der Waals surface area (Å²) in [7, 11) is 0. The summed E-state index contributed by atoms with van der Waals surface area (Å²) < 4.78 is 5.42. The number of nitrogens with one attached hydrogen (secondary N) is 1. The molecule has 0 saturated carbocycles. The number of hydrogen-bond donors (Lipinski definition) is 2. The average Bonchev–Trinajstić information content (AvgIpc) is 2.45. The van der Waals surface area contributed by atoms with Gasteiger partial charge in [0.2, 0.25) is 0 Å². The summed E-state index contributed by atoms with van der Waals surface area (Å²) in [4.78, 5) is 12.4. The minimum Gasteiger partial charge on any atom is -0.506 e. The number of carbonyl (C=O) groups excluding carboxylic acids is 1. The summed E-state index contributed by atoms with van der Waals surface area (Å²) in [6.07, 6.45) is 0. The van der Waals surface area contributed by atoms with Gasteiger partial charge < -0.3 is 15.2 Å². The van der Waals surface area contributed by atoms with Crippen molar-refractivity contribution >= 4 is 23.2 Å². The van der Waals surface area contributed by atoms with E-state index in [1.54, 1.807) is 24.3 Å². The molecule has 4 nitrogen and oxygen atoms in total. The van der Waals surface area contributed by atoms with Crippen LogP contribution in [0.25, 0.3) is 0 Å². The summed E-state index contributed by atoms with van der Waals surface area (Å²) in [6.45, 7) is 4.15. The van der Waals surface area contributed by atoms with E-state index in [1.165, 1.54) is 12.1 Å². The maximum Gasteiger partial charge on any atom is 0.259 e. The Hall–Kier alpha value is -2.20. The smallest absolute Gasteiger partial charge is 0.259 e. The lowest BCUT2D eigenvalue weighted by Crippen LogP contribution is -2.14. The van der Waals surface area contributed by atoms with E-state index in [0.29, 0.717) is 28.6 Å². The largest absolute Gasteiger partial charge is 0.506 e. The predicted octanol–water partition coefficient (Wildman–Crippen LogP) is 4.01. The summed E-state index contributed by atoms with van der Waals surface area (Å²) in [5.41, 5.74) is 1.60. The van der Waals surface area contributed by atoms with Crippen molar-refractivity contribution in [2.75, 3.05) is 11.9 Å². The zero-order valence-corrected chi connectivity index (χ0v) is 12.6. The summed E-state index contributed by atoms with van der Waals surface area (Å²) in [5.74, 6) is 0.0716. The van der Waals surface area contributed by atoms with Crippen LogP contribution in [0.3, 0.4) is 0 Å². The predicted molar refractivity (Wildman–Crippen MR) is 83.4 cm³/mol. The van der Waals surface area contributed by atoms with Crippen LogP contribution in [0.4, 0.5) is 5.69 Å². The molecule has 2 aromatic carbocycles. The monoisotopic (exact) mass is 305 g/mol. The molecule has 0 unspecified atom stereocenters. The van der Waals surface area contributed by atoms with Gasteiger partial charge in [0, 0.05) is 5.02 Å². The number of phenolic OH excluding ortho intramolecular Hbond substituents is 1. The van der Waals surface area contributed by atoms with E-state index < -0.39 is 0 Å². The normalized spacial score (nSPS) is 10.2. The second kappa shape index (κ2) is 6.50. The SMILES string of the molecule is CCOc1ccc(Cl)cc1C(=O)Nc1cc(C)ccc1O. The number of aryl methyl sites for hydroxylation is 1. The van der Waals surface area contributed by atoms with Gasteiger partial charge in [-0.2, -0.15) is 0 Å². The molecule has 1 amide bonds. The molecule has 2 aromatic rings. The first-order chi connectivity index (χ1) is 10.0. The fourth-order valence-corrected chi connectivity index (χ4v) is 2.07. The zero-order chi connectivity index (χ0) is 15.4. The maximum atomic E-state index is 12.4. The fraction of sp³-hybridized carbons (Fsp3) is 0.188. The Morgan fingerprint density at radius 3 is 2.76 bits per heavy atom. The molecule has 0 radical (unpaired) electrons. The molecule has 2 rings (SSSR count). The molecule has 5 heteroatoms. The van der Waals surface area contributed by atoms with Crippen LogP contribution in [0, 0.1) is 6.92 Å². The summed E-state index contributed by atoms with van der Waals surface area (Å²) >= 11 is 5.94. The first-order valence-corrected chi connectivity index (χ1v) is 6.92. The lowest BCUT2D eigenvalue weighted by molar-refractivity contribution is 0.102. The first kappa shape index (κ1) is 15.2. The molecule has 0 bridgehead atoms. The highest BCUT2D eigenvalue weighted by Crippen LogP contribution is 2.27. The summed E-state index contributed by atoms with van der Waals surface area (Å²) in [5, 5.41) is 12.9. The standard InChI is InChI=1S/C16H16ClNO3/c1-3-21-15-7-5-11(17)9-12(15)16(20)18-13-8-10(2)4-6-14(13)19/h4-9,19H,3H2,1-2H3,(H,18,20). The number of ether oxygens (including phenoxy) is 1. The molecule has 0 aliphatic carbocycles. The number of halogens is 1. The molecule has 0 heterocycles. The van der Waals surface area contributed by atoms with Gasteiger partial charge >= 0.3 is 0 Å². The molecule has 0 fully saturated rings.